The monoisotopic (exact) mass is 233 g/mol. The van der Waals surface area contributed by atoms with Crippen molar-refractivity contribution in [1.29, 1.82) is 0 Å². The first-order chi connectivity index (χ1) is 8.22. The molecule has 0 bridgehead atoms. The van der Waals surface area contributed by atoms with Gasteiger partial charge in [-0.05, 0) is 50.5 Å². The van der Waals surface area contributed by atoms with Crippen molar-refractivity contribution in [3.8, 4) is 5.75 Å². The van der Waals surface area contributed by atoms with Gasteiger partial charge < -0.3 is 9.64 Å². The lowest BCUT2D eigenvalue weighted by Gasteiger charge is -2.33. The lowest BCUT2D eigenvalue weighted by atomic mass is 10.0. The molecule has 0 aromatic heterocycles. The Labute approximate surface area is 102 Å². The third-order valence-corrected chi connectivity index (χ3v) is 3.40. The minimum absolute atomic E-state index is 0.139. The summed E-state index contributed by atoms with van der Waals surface area (Å²) in [5.41, 5.74) is 0.750. The van der Waals surface area contributed by atoms with E-state index in [-0.39, 0.29) is 5.91 Å². The number of rotatable bonds is 2. The number of likely N-dealkylation sites (tertiary alicyclic amines) is 1. The Hall–Kier alpha value is -1.51. The zero-order valence-corrected chi connectivity index (χ0v) is 10.5. The largest absolute Gasteiger partial charge is 0.497 e. The van der Waals surface area contributed by atoms with Gasteiger partial charge in [-0.25, -0.2) is 0 Å². The Morgan fingerprint density at radius 1 is 1.29 bits per heavy atom. The maximum absolute atomic E-state index is 12.3. The van der Waals surface area contributed by atoms with Crippen molar-refractivity contribution in [2.24, 2.45) is 0 Å². The van der Waals surface area contributed by atoms with Crippen LogP contribution in [0.2, 0.25) is 0 Å². The summed E-state index contributed by atoms with van der Waals surface area (Å²) >= 11 is 0. The van der Waals surface area contributed by atoms with Crippen LogP contribution in [-0.4, -0.2) is 30.5 Å². The average molecular weight is 233 g/mol. The second-order valence-corrected chi connectivity index (χ2v) is 4.57. The Morgan fingerprint density at radius 2 is 2.00 bits per heavy atom. The third kappa shape index (κ3) is 2.60. The highest BCUT2D eigenvalue weighted by Gasteiger charge is 2.23. The average Bonchev–Trinajstić information content (AvgIpc) is 2.39. The number of methoxy groups -OCH3 is 1. The van der Waals surface area contributed by atoms with Gasteiger partial charge in [-0.1, -0.05) is 0 Å². The zero-order valence-electron chi connectivity index (χ0n) is 10.5. The summed E-state index contributed by atoms with van der Waals surface area (Å²) in [4.78, 5) is 14.3. The second-order valence-electron chi connectivity index (χ2n) is 4.57. The predicted octanol–water partition coefficient (Wildman–Crippen LogP) is 2.71. The number of ether oxygens (including phenoxy) is 1. The summed E-state index contributed by atoms with van der Waals surface area (Å²) in [7, 11) is 1.63. The van der Waals surface area contributed by atoms with Crippen LogP contribution < -0.4 is 4.74 Å². The van der Waals surface area contributed by atoms with Gasteiger partial charge in [0.05, 0.1) is 7.11 Å². The normalized spacial score (nSPS) is 20.1. The summed E-state index contributed by atoms with van der Waals surface area (Å²) in [5, 5.41) is 0. The van der Waals surface area contributed by atoms with Crippen LogP contribution in [0.25, 0.3) is 0 Å². The zero-order chi connectivity index (χ0) is 12.3. The van der Waals surface area contributed by atoms with Gasteiger partial charge in [0.2, 0.25) is 0 Å². The van der Waals surface area contributed by atoms with Crippen LogP contribution in [0, 0.1) is 0 Å². The van der Waals surface area contributed by atoms with E-state index in [1.165, 1.54) is 6.42 Å². The number of benzene rings is 1. The summed E-state index contributed by atoms with van der Waals surface area (Å²) < 4.78 is 5.09. The van der Waals surface area contributed by atoms with Gasteiger partial charge in [0, 0.05) is 18.2 Å². The summed E-state index contributed by atoms with van der Waals surface area (Å²) in [6, 6.07) is 7.70. The van der Waals surface area contributed by atoms with Gasteiger partial charge in [-0.15, -0.1) is 0 Å². The maximum atomic E-state index is 12.3. The smallest absolute Gasteiger partial charge is 0.254 e. The molecule has 17 heavy (non-hydrogen) atoms. The molecule has 1 heterocycles. The second kappa shape index (κ2) is 5.21. The van der Waals surface area contributed by atoms with E-state index >= 15 is 0 Å². The van der Waals surface area contributed by atoms with E-state index in [0.717, 1.165) is 30.7 Å². The highest BCUT2D eigenvalue weighted by Crippen LogP contribution is 2.20. The van der Waals surface area contributed by atoms with Crippen LogP contribution in [-0.2, 0) is 0 Å². The minimum atomic E-state index is 0.139. The van der Waals surface area contributed by atoms with E-state index in [1.54, 1.807) is 7.11 Å². The molecule has 1 aliphatic heterocycles. The third-order valence-electron chi connectivity index (χ3n) is 3.40. The van der Waals surface area contributed by atoms with Crippen molar-refractivity contribution < 1.29 is 9.53 Å². The molecule has 1 aromatic rings. The molecule has 1 unspecified atom stereocenters. The van der Waals surface area contributed by atoms with Crippen LogP contribution in [0.5, 0.6) is 5.75 Å². The standard InChI is InChI=1S/C14H19NO2/c1-11-5-3-4-10-15(11)14(16)12-6-8-13(17-2)9-7-12/h6-9,11H,3-5,10H2,1-2H3. The Kier molecular flexibility index (Phi) is 3.67. The Balaban J connectivity index is 2.12. The molecule has 0 aliphatic carbocycles. The van der Waals surface area contributed by atoms with Gasteiger partial charge in [0.25, 0.3) is 5.91 Å². The molecule has 2 rings (SSSR count). The molecule has 0 radical (unpaired) electrons. The van der Waals surface area contributed by atoms with E-state index in [2.05, 4.69) is 6.92 Å². The van der Waals surface area contributed by atoms with Crippen molar-refractivity contribution in [2.45, 2.75) is 32.2 Å². The van der Waals surface area contributed by atoms with Crippen molar-refractivity contribution in [2.75, 3.05) is 13.7 Å². The minimum Gasteiger partial charge on any atom is -0.497 e. The molecule has 1 aromatic carbocycles. The molecular formula is C14H19NO2. The van der Waals surface area contributed by atoms with Crippen molar-refractivity contribution in [3.63, 3.8) is 0 Å². The van der Waals surface area contributed by atoms with Crippen molar-refractivity contribution in [1.82, 2.24) is 4.90 Å². The molecule has 3 heteroatoms. The first kappa shape index (κ1) is 12.0. The predicted molar refractivity (Wildman–Crippen MR) is 67.3 cm³/mol. The lowest BCUT2D eigenvalue weighted by molar-refractivity contribution is 0.0635. The van der Waals surface area contributed by atoms with Gasteiger partial charge in [-0.3, -0.25) is 4.79 Å². The number of carbonyl (C=O) groups excluding carboxylic acids is 1. The van der Waals surface area contributed by atoms with Crippen LogP contribution >= 0.6 is 0 Å². The van der Waals surface area contributed by atoms with E-state index in [9.17, 15) is 4.79 Å². The lowest BCUT2D eigenvalue weighted by Crippen LogP contribution is -2.41. The number of carbonyl (C=O) groups is 1. The topological polar surface area (TPSA) is 29.5 Å². The quantitative estimate of drug-likeness (QED) is 0.786. The fraction of sp³-hybridized carbons (Fsp3) is 0.500. The van der Waals surface area contributed by atoms with E-state index in [1.807, 2.05) is 29.2 Å². The first-order valence-electron chi connectivity index (χ1n) is 6.17. The van der Waals surface area contributed by atoms with Crippen LogP contribution in [0.3, 0.4) is 0 Å². The number of hydrogen-bond donors (Lipinski definition) is 0. The fourth-order valence-electron chi connectivity index (χ4n) is 2.30. The number of amides is 1. The Bertz CT molecular complexity index is 386. The Morgan fingerprint density at radius 3 is 2.59 bits per heavy atom. The molecule has 1 fully saturated rings. The van der Waals surface area contributed by atoms with Crippen LogP contribution in [0.1, 0.15) is 36.5 Å². The summed E-state index contributed by atoms with van der Waals surface area (Å²) in [5.74, 6) is 0.924. The number of hydrogen-bond acceptors (Lipinski definition) is 2. The molecule has 0 saturated carbocycles. The molecule has 1 atom stereocenters. The van der Waals surface area contributed by atoms with Crippen molar-refractivity contribution >= 4 is 5.91 Å². The molecule has 1 aliphatic rings. The van der Waals surface area contributed by atoms with Gasteiger partial charge >= 0.3 is 0 Å². The molecule has 0 N–H and O–H groups in total. The van der Waals surface area contributed by atoms with E-state index < -0.39 is 0 Å². The SMILES string of the molecule is COc1ccc(C(=O)N2CCCCC2C)cc1. The molecule has 92 valence electrons. The molecule has 1 amide bonds. The van der Waals surface area contributed by atoms with Crippen molar-refractivity contribution in [3.05, 3.63) is 29.8 Å². The number of nitrogens with zero attached hydrogens (tertiary/aromatic N) is 1. The van der Waals surface area contributed by atoms with Gasteiger partial charge in [-0.2, -0.15) is 0 Å². The van der Waals surface area contributed by atoms with E-state index in [4.69, 9.17) is 4.74 Å². The summed E-state index contributed by atoms with van der Waals surface area (Å²) in [6.45, 7) is 3.01. The highest BCUT2D eigenvalue weighted by molar-refractivity contribution is 5.94. The molecule has 0 spiro atoms. The van der Waals surface area contributed by atoms with Gasteiger partial charge in [0.1, 0.15) is 5.75 Å². The number of piperidine rings is 1. The molecule has 3 nitrogen and oxygen atoms in total. The first-order valence-corrected chi connectivity index (χ1v) is 6.17. The van der Waals surface area contributed by atoms with Crippen LogP contribution in [0.15, 0.2) is 24.3 Å². The van der Waals surface area contributed by atoms with Crippen LogP contribution in [0.4, 0.5) is 0 Å². The van der Waals surface area contributed by atoms with E-state index in [0.29, 0.717) is 6.04 Å². The fourth-order valence-corrected chi connectivity index (χ4v) is 2.30. The van der Waals surface area contributed by atoms with Gasteiger partial charge in [0.15, 0.2) is 0 Å². The highest BCUT2D eigenvalue weighted by atomic mass is 16.5. The molecular weight excluding hydrogens is 214 g/mol. The maximum Gasteiger partial charge on any atom is 0.254 e. The summed E-state index contributed by atoms with van der Waals surface area (Å²) in [6.07, 6.45) is 3.46. The molecule has 1 saturated heterocycles.